The quantitative estimate of drug-likeness (QED) is 0.105. The number of unbranched alkanes of at least 4 members (excludes halogenated alkanes) is 2. The molecule has 4 heterocycles. The van der Waals surface area contributed by atoms with Gasteiger partial charge in [0.15, 0.2) is 0 Å². The van der Waals surface area contributed by atoms with Crippen LogP contribution >= 0.6 is 0 Å². The van der Waals surface area contributed by atoms with E-state index in [9.17, 15) is 4.79 Å². The molecule has 1 N–H and O–H groups in total. The van der Waals surface area contributed by atoms with Crippen molar-refractivity contribution in [1.29, 1.82) is 0 Å². The van der Waals surface area contributed by atoms with Crippen LogP contribution in [0.4, 0.5) is 11.6 Å². The fraction of sp³-hybridized carbons (Fsp3) is 0.558. The summed E-state index contributed by atoms with van der Waals surface area (Å²) in [7, 11) is 0. The number of aliphatic hydroxyl groups is 1. The highest BCUT2D eigenvalue weighted by Gasteiger charge is 2.29. The second-order valence-corrected chi connectivity index (χ2v) is 19.1. The van der Waals surface area contributed by atoms with Crippen LogP contribution in [-0.2, 0) is 33.2 Å². The summed E-state index contributed by atoms with van der Waals surface area (Å²) in [6.45, 7) is 22.2. The first-order valence-corrected chi connectivity index (χ1v) is 23.4. The number of piperazine rings is 2. The number of aliphatic hydroxyl groups excluding tert-OH is 1. The van der Waals surface area contributed by atoms with Crippen molar-refractivity contribution in [3.8, 4) is 22.5 Å². The number of nitrogens with zero attached hydrogens (tertiary/aromatic N) is 6. The average Bonchev–Trinajstić information content (AvgIpc) is 3.26. The number of fused-ring (bicyclic) bond motifs is 2. The third-order valence-electron chi connectivity index (χ3n) is 13.7. The molecule has 2 aliphatic heterocycles. The number of anilines is 2. The lowest BCUT2D eigenvalue weighted by molar-refractivity contribution is -0.141. The van der Waals surface area contributed by atoms with Gasteiger partial charge in [-0.3, -0.25) is 14.6 Å². The summed E-state index contributed by atoms with van der Waals surface area (Å²) >= 11 is 0. The molecular weight excluding hydrogens is 757 g/mol. The van der Waals surface area contributed by atoms with Gasteiger partial charge < -0.3 is 19.6 Å². The van der Waals surface area contributed by atoms with Crippen LogP contribution in [0, 0.1) is 0 Å². The van der Waals surface area contributed by atoms with Crippen molar-refractivity contribution in [3.05, 3.63) is 95.1 Å². The van der Waals surface area contributed by atoms with E-state index in [1.54, 1.807) is 0 Å². The highest BCUT2D eigenvalue weighted by Crippen LogP contribution is 2.40. The number of aromatic nitrogens is 2. The maximum Gasteiger partial charge on any atom is 0.302 e. The topological polar surface area (TPSA) is 85.3 Å². The van der Waals surface area contributed by atoms with Crippen LogP contribution < -0.4 is 9.80 Å². The number of benzene rings is 2. The van der Waals surface area contributed by atoms with Gasteiger partial charge in [-0.1, -0.05) is 64.1 Å². The van der Waals surface area contributed by atoms with E-state index in [-0.39, 0.29) is 16.8 Å². The van der Waals surface area contributed by atoms with Gasteiger partial charge in [-0.2, -0.15) is 0 Å². The molecule has 8 rings (SSSR count). The number of hydrogen-bond donors (Lipinski definition) is 1. The van der Waals surface area contributed by atoms with Crippen LogP contribution in [0.15, 0.2) is 72.8 Å². The monoisotopic (exact) mass is 829 g/mol. The summed E-state index contributed by atoms with van der Waals surface area (Å²) in [6, 6.07) is 26.8. The molecule has 0 saturated carbocycles. The Morgan fingerprint density at radius 3 is 1.52 bits per heavy atom. The van der Waals surface area contributed by atoms with Crippen LogP contribution in [0.1, 0.15) is 108 Å². The number of rotatable bonds is 13. The molecular formula is C52H72N6O3. The largest absolute Gasteiger partial charge is 0.466 e. The third-order valence-corrected chi connectivity index (χ3v) is 13.7. The van der Waals surface area contributed by atoms with Gasteiger partial charge in [-0.05, 0) is 147 Å². The zero-order valence-corrected chi connectivity index (χ0v) is 37.9. The Labute approximate surface area is 366 Å². The van der Waals surface area contributed by atoms with Crippen molar-refractivity contribution in [2.75, 3.05) is 88.5 Å². The van der Waals surface area contributed by atoms with E-state index in [0.717, 1.165) is 114 Å². The molecule has 9 nitrogen and oxygen atoms in total. The standard InChI is InChI=1S/C27H37N3O2.C25H35N3O/c1-21(31)32-19-5-4-14-29-15-17-30(18-16-29)26-10-6-9-25(28-26)23-11-12-24-22(20-23)8-7-13-27(24,2)3;1-25(2)12-6-7-20-19-21(10-11-22(20)25)23-8-5-9-24(26-23)28-16-14-27(15-17-28)13-3-4-18-29/h6,9-12,20H,4-5,7-8,13-19H2,1-3H3;5,8-11,19,29H,3-4,6-7,12-18H2,1-2H3. The van der Waals surface area contributed by atoms with Crippen molar-refractivity contribution in [1.82, 2.24) is 19.8 Å². The zero-order valence-electron chi connectivity index (χ0n) is 37.9. The molecule has 2 aromatic heterocycles. The molecule has 2 aromatic carbocycles. The average molecular weight is 829 g/mol. The third kappa shape index (κ3) is 11.8. The molecule has 0 amide bonds. The molecule has 0 unspecified atom stereocenters. The summed E-state index contributed by atoms with van der Waals surface area (Å²) in [6.07, 6.45) is 11.4. The van der Waals surface area contributed by atoms with Gasteiger partial charge >= 0.3 is 5.97 Å². The van der Waals surface area contributed by atoms with E-state index in [0.29, 0.717) is 13.2 Å². The minimum atomic E-state index is -0.187. The number of aryl methyl sites for hydroxylation is 2. The molecule has 328 valence electrons. The Morgan fingerprint density at radius 2 is 1.08 bits per heavy atom. The molecule has 0 radical (unpaired) electrons. The minimum Gasteiger partial charge on any atom is -0.466 e. The second-order valence-electron chi connectivity index (χ2n) is 19.1. The molecule has 2 saturated heterocycles. The fourth-order valence-corrected chi connectivity index (χ4v) is 9.97. The molecule has 0 atom stereocenters. The summed E-state index contributed by atoms with van der Waals surface area (Å²) in [5.74, 6) is 1.98. The number of carbonyl (C=O) groups excluding carboxylic acids is 1. The summed E-state index contributed by atoms with van der Waals surface area (Å²) in [5, 5.41) is 8.96. The number of ether oxygens (including phenoxy) is 1. The first-order chi connectivity index (χ1) is 29.5. The molecule has 0 spiro atoms. The molecule has 4 aromatic rings. The van der Waals surface area contributed by atoms with Gasteiger partial charge in [-0.15, -0.1) is 0 Å². The highest BCUT2D eigenvalue weighted by atomic mass is 16.5. The fourth-order valence-electron chi connectivity index (χ4n) is 9.97. The van der Waals surface area contributed by atoms with Crippen LogP contribution in [0.5, 0.6) is 0 Å². The van der Waals surface area contributed by atoms with E-state index in [1.807, 2.05) is 0 Å². The maximum absolute atomic E-state index is 10.8. The van der Waals surface area contributed by atoms with E-state index < -0.39 is 0 Å². The van der Waals surface area contributed by atoms with Crippen LogP contribution in [-0.4, -0.2) is 110 Å². The normalized spacial score (nSPS) is 18.7. The van der Waals surface area contributed by atoms with Crippen molar-refractivity contribution in [3.63, 3.8) is 0 Å². The Bertz CT molecular complexity index is 2050. The molecule has 4 aliphatic rings. The second kappa shape index (κ2) is 20.7. The SMILES string of the molecule is CC(=O)OCCCCN1CCN(c2cccc(-c3ccc4c(c3)CCCC4(C)C)n2)CC1.CC1(C)CCCc2cc(-c3cccc(N4CCN(CCCCO)CC4)n3)ccc21. The lowest BCUT2D eigenvalue weighted by atomic mass is 9.72. The number of pyridine rings is 2. The Kier molecular flexibility index (Phi) is 15.2. The van der Waals surface area contributed by atoms with Crippen molar-refractivity contribution in [2.24, 2.45) is 0 Å². The van der Waals surface area contributed by atoms with Crippen molar-refractivity contribution in [2.45, 2.75) is 110 Å². The predicted molar refractivity (Wildman–Crippen MR) is 251 cm³/mol. The summed E-state index contributed by atoms with van der Waals surface area (Å²) in [5.41, 5.74) is 11.2. The number of hydrogen-bond acceptors (Lipinski definition) is 9. The smallest absolute Gasteiger partial charge is 0.302 e. The van der Waals surface area contributed by atoms with Gasteiger partial charge in [0.2, 0.25) is 0 Å². The summed E-state index contributed by atoms with van der Waals surface area (Å²) in [4.78, 5) is 30.7. The summed E-state index contributed by atoms with van der Waals surface area (Å²) < 4.78 is 5.02. The van der Waals surface area contributed by atoms with Crippen LogP contribution in [0.2, 0.25) is 0 Å². The number of carbonyl (C=O) groups is 1. The van der Waals surface area contributed by atoms with Crippen LogP contribution in [0.25, 0.3) is 22.5 Å². The van der Waals surface area contributed by atoms with E-state index in [4.69, 9.17) is 19.8 Å². The molecule has 61 heavy (non-hydrogen) atoms. The first kappa shape index (κ1) is 44.7. The van der Waals surface area contributed by atoms with Crippen molar-refractivity contribution >= 4 is 17.6 Å². The zero-order chi connectivity index (χ0) is 42.8. The van der Waals surface area contributed by atoms with Gasteiger partial charge in [0.05, 0.1) is 18.0 Å². The lowest BCUT2D eigenvalue weighted by Gasteiger charge is -2.35. The van der Waals surface area contributed by atoms with E-state index in [1.165, 1.54) is 78.8 Å². The Balaban J connectivity index is 0.000000185. The lowest BCUT2D eigenvalue weighted by Crippen LogP contribution is -2.47. The number of esters is 1. The Morgan fingerprint density at radius 1 is 0.623 bits per heavy atom. The van der Waals surface area contributed by atoms with Gasteiger partial charge in [0, 0.05) is 77.0 Å². The molecule has 9 heteroatoms. The maximum atomic E-state index is 10.8. The van der Waals surface area contributed by atoms with E-state index >= 15 is 0 Å². The minimum absolute atomic E-state index is 0.187. The van der Waals surface area contributed by atoms with E-state index in [2.05, 4.69) is 120 Å². The van der Waals surface area contributed by atoms with Gasteiger partial charge in [0.1, 0.15) is 11.6 Å². The Hall–Kier alpha value is -4.31. The molecule has 2 fully saturated rings. The predicted octanol–water partition coefficient (Wildman–Crippen LogP) is 9.08. The van der Waals surface area contributed by atoms with Crippen molar-refractivity contribution < 1.29 is 14.6 Å². The first-order valence-electron chi connectivity index (χ1n) is 23.4. The molecule has 2 aliphatic carbocycles. The van der Waals surface area contributed by atoms with Gasteiger partial charge in [-0.25, -0.2) is 9.97 Å². The highest BCUT2D eigenvalue weighted by molar-refractivity contribution is 5.66. The molecule has 0 bridgehead atoms. The van der Waals surface area contributed by atoms with Crippen LogP contribution in [0.3, 0.4) is 0 Å². The van der Waals surface area contributed by atoms with Gasteiger partial charge in [0.25, 0.3) is 0 Å².